The maximum atomic E-state index is 12.2. The predicted octanol–water partition coefficient (Wildman–Crippen LogP) is 21.3. The average Bonchev–Trinajstić information content (AvgIpc) is 1.58. The molecule has 19 fully saturated rings. The van der Waals surface area contributed by atoms with E-state index in [0.717, 1.165) is 195 Å². The maximum Gasteiger partial charge on any atom is 0.312 e. The van der Waals surface area contributed by atoms with Gasteiger partial charge < -0.3 is 67.1 Å². The van der Waals surface area contributed by atoms with Crippen molar-refractivity contribution in [1.82, 2.24) is 0 Å². The first-order valence-corrected chi connectivity index (χ1v) is 53.5. The van der Waals surface area contributed by atoms with Crippen molar-refractivity contribution in [2.75, 3.05) is 54.9 Å². The van der Waals surface area contributed by atoms with Gasteiger partial charge in [0, 0.05) is 39.1 Å². The van der Waals surface area contributed by atoms with E-state index in [1.807, 2.05) is 13.8 Å². The van der Waals surface area contributed by atoms with Gasteiger partial charge in [0.05, 0.1) is 97.2 Å². The number of aliphatic carboxylic acids is 2. The van der Waals surface area contributed by atoms with Crippen LogP contribution in [0.25, 0.3) is 0 Å². The Morgan fingerprint density at radius 1 is 0.300 bits per heavy atom. The van der Waals surface area contributed by atoms with Gasteiger partial charge in [-0.15, -0.1) is 0 Å². The van der Waals surface area contributed by atoms with E-state index in [1.54, 1.807) is 14.2 Å². The molecule has 43 unspecified atom stereocenters. The largest absolute Gasteiger partial charge is 0.481 e. The Labute approximate surface area is 782 Å². The first-order valence-electron chi connectivity index (χ1n) is 53.5. The standard InChI is InChI=1S/2C17H28O3.2C15H24O2.C12H20O3.C12H22O3.2C10H16O3/c2*1-4-10-6-11(5-2)16-13-7-12(15(10)16)8-14(13)17(18)20-9-19-3;2*1-3-8-5-9(4-2)14-11-6-10(13(8)14)7-12(11)15(16)17;1-5-7-9-10(8(6-2)14-7)12(3,4)15-11(9)13;1-4-9-6-10(5-2)11(7-9)12(13)15-8-14-3;2*1-3-7-6-5-12-10(11)9(6)8(4-2)13-7/h2*10-16H,4-9H2,1-3H3;2*8-14H,3-7H2,1-2H3,(H,16,17);7-10H,5-6H2,1-4H3;9-11H,4-8H2,1-3H3;2*6-9H,3-5H2,1-2H3. The van der Waals surface area contributed by atoms with Gasteiger partial charge in [0.25, 0.3) is 0 Å². The second-order valence-electron chi connectivity index (χ2n) is 44.5. The Morgan fingerprint density at radius 3 is 0.877 bits per heavy atom. The van der Waals surface area contributed by atoms with Gasteiger partial charge in [-0.2, -0.15) is 0 Å². The summed E-state index contributed by atoms with van der Waals surface area (Å²) in [6.45, 7) is 40.8. The molecule has 6 aliphatic heterocycles. The zero-order chi connectivity index (χ0) is 94.2. The average molecular weight is 1830 g/mol. The summed E-state index contributed by atoms with van der Waals surface area (Å²) in [5.41, 5.74) is -0.355. The van der Waals surface area contributed by atoms with Crippen molar-refractivity contribution < 1.29 is 105 Å². The number of carboxylic acid groups (broad SMARTS) is 2. The number of rotatable bonds is 27. The minimum atomic E-state index is -0.522. The number of fused-ring (bicyclic) bond motifs is 23. The summed E-state index contributed by atoms with van der Waals surface area (Å²) < 4.78 is 63.1. The molecule has 8 bridgehead atoms. The van der Waals surface area contributed by atoms with Crippen LogP contribution in [0.1, 0.15) is 317 Å². The molecule has 2 N–H and O–H groups in total. The van der Waals surface area contributed by atoms with Crippen molar-refractivity contribution in [3.63, 3.8) is 0 Å². The summed E-state index contributed by atoms with van der Waals surface area (Å²) in [5, 5.41) is 18.7. The van der Waals surface area contributed by atoms with Crippen molar-refractivity contribution in [1.29, 1.82) is 0 Å². The fourth-order valence-electron chi connectivity index (χ4n) is 33.8. The van der Waals surface area contributed by atoms with E-state index in [9.17, 15) is 48.6 Å². The van der Waals surface area contributed by atoms with Gasteiger partial charge in [-0.25, -0.2) is 0 Å². The van der Waals surface area contributed by atoms with E-state index in [4.69, 9.17) is 56.8 Å². The number of esters is 6. The Kier molecular flexibility index (Phi) is 37.6. The van der Waals surface area contributed by atoms with Gasteiger partial charge in [-0.1, -0.05) is 175 Å². The van der Waals surface area contributed by atoms with E-state index in [-0.39, 0.29) is 152 Å². The summed E-state index contributed by atoms with van der Waals surface area (Å²) in [4.78, 5) is 93.4. The second-order valence-corrected chi connectivity index (χ2v) is 44.5. The highest BCUT2D eigenvalue weighted by Crippen LogP contribution is 2.70. The quantitative estimate of drug-likeness (QED) is 0.0439. The van der Waals surface area contributed by atoms with Crippen LogP contribution in [0.2, 0.25) is 0 Å². The van der Waals surface area contributed by atoms with Crippen LogP contribution in [0, 0.1) is 219 Å². The fourth-order valence-corrected chi connectivity index (χ4v) is 33.8. The van der Waals surface area contributed by atoms with Crippen molar-refractivity contribution in [3.8, 4) is 0 Å². The molecule has 0 radical (unpaired) electrons. The number of hydrogen-bond acceptors (Lipinski definition) is 20. The molecule has 0 aromatic heterocycles. The van der Waals surface area contributed by atoms with Crippen LogP contribution in [0.5, 0.6) is 0 Å². The molecule has 13 saturated carbocycles. The summed E-state index contributed by atoms with van der Waals surface area (Å²) >= 11 is 0. The van der Waals surface area contributed by atoms with E-state index < -0.39 is 11.9 Å². The first-order chi connectivity index (χ1) is 62.5. The van der Waals surface area contributed by atoms with Crippen LogP contribution < -0.4 is 0 Å². The molecule has 0 amide bonds. The highest BCUT2D eigenvalue weighted by Gasteiger charge is 2.67. The van der Waals surface area contributed by atoms with Gasteiger partial charge in [-0.3, -0.25) is 38.4 Å². The van der Waals surface area contributed by atoms with E-state index in [2.05, 4.69) is 111 Å². The zero-order valence-corrected chi connectivity index (χ0v) is 84.1. The molecule has 0 aromatic rings. The predicted molar refractivity (Wildman–Crippen MR) is 496 cm³/mol. The van der Waals surface area contributed by atoms with Crippen molar-refractivity contribution in [3.05, 3.63) is 0 Å². The molecule has 130 heavy (non-hydrogen) atoms. The number of cyclic esters (lactones) is 3. The van der Waals surface area contributed by atoms with Gasteiger partial charge in [-0.05, 0) is 296 Å². The lowest BCUT2D eigenvalue weighted by molar-refractivity contribution is -0.163. The van der Waals surface area contributed by atoms with E-state index in [1.165, 1.54) is 123 Å². The van der Waals surface area contributed by atoms with E-state index in [0.29, 0.717) is 60.6 Å². The minimum absolute atomic E-state index is 0.00685. The number of carbonyl (C=O) groups excluding carboxylic acids is 6. The lowest BCUT2D eigenvalue weighted by Gasteiger charge is -2.34. The zero-order valence-electron chi connectivity index (χ0n) is 84.1. The van der Waals surface area contributed by atoms with Crippen LogP contribution in [0.15, 0.2) is 0 Å². The molecule has 13 aliphatic carbocycles. The third-order valence-corrected chi connectivity index (χ3v) is 39.0. The molecule has 22 heteroatoms. The molecule has 0 spiro atoms. The molecule has 0 aromatic carbocycles. The Bertz CT molecular complexity index is 3480. The number of carboxylic acids is 2. The van der Waals surface area contributed by atoms with Gasteiger partial charge in [0.1, 0.15) is 5.60 Å². The summed E-state index contributed by atoms with van der Waals surface area (Å²) in [7, 11) is 4.67. The van der Waals surface area contributed by atoms with Crippen molar-refractivity contribution in [2.45, 2.75) is 359 Å². The number of methoxy groups -OCH3 is 3. The molecule has 19 rings (SSSR count). The van der Waals surface area contributed by atoms with Crippen LogP contribution in [0.3, 0.4) is 0 Å². The monoisotopic (exact) mass is 1830 g/mol. The normalized spacial score (nSPS) is 44.7. The Hall–Kier alpha value is -4.48. The first kappa shape index (κ1) is 104. The minimum Gasteiger partial charge on any atom is -0.481 e. The molecule has 6 saturated heterocycles. The topological polar surface area (TPSA) is 288 Å². The molecular formula is C108H178O22. The Morgan fingerprint density at radius 2 is 0.585 bits per heavy atom. The summed E-state index contributed by atoms with van der Waals surface area (Å²) in [6, 6.07) is 0. The lowest BCUT2D eigenvalue weighted by atomic mass is 9.70. The van der Waals surface area contributed by atoms with Crippen molar-refractivity contribution in [2.24, 2.45) is 219 Å². The third kappa shape index (κ3) is 21.1. The maximum absolute atomic E-state index is 12.2. The van der Waals surface area contributed by atoms with Gasteiger partial charge >= 0.3 is 47.8 Å². The van der Waals surface area contributed by atoms with Crippen molar-refractivity contribution >= 4 is 47.8 Å². The van der Waals surface area contributed by atoms with Crippen LogP contribution in [-0.4, -0.2) is 155 Å². The number of carbonyl (C=O) groups is 8. The molecule has 742 valence electrons. The number of hydrogen-bond donors (Lipinski definition) is 2. The Balaban J connectivity index is 0.000000135. The smallest absolute Gasteiger partial charge is 0.312 e. The highest BCUT2D eigenvalue weighted by molar-refractivity contribution is 5.78. The fraction of sp³-hybridized carbons (Fsp3) is 0.926. The summed E-state index contributed by atoms with van der Waals surface area (Å²) in [6.07, 6.45) is 35.9. The van der Waals surface area contributed by atoms with Crippen LogP contribution >= 0.6 is 0 Å². The summed E-state index contributed by atoms with van der Waals surface area (Å²) in [5.74, 6) is 20.1. The second kappa shape index (κ2) is 46.8. The van der Waals surface area contributed by atoms with Crippen LogP contribution in [0.4, 0.5) is 0 Å². The van der Waals surface area contributed by atoms with Gasteiger partial charge in [0.15, 0.2) is 20.4 Å². The molecule has 22 nitrogen and oxygen atoms in total. The third-order valence-electron chi connectivity index (χ3n) is 39.0. The molecule has 19 aliphatic rings. The lowest BCUT2D eigenvalue weighted by Crippen LogP contribution is -2.35. The molecule has 6 heterocycles. The van der Waals surface area contributed by atoms with E-state index >= 15 is 0 Å². The number of ether oxygens (including phenoxy) is 12. The van der Waals surface area contributed by atoms with Gasteiger partial charge in [0.2, 0.25) is 0 Å². The van der Waals surface area contributed by atoms with Crippen LogP contribution in [-0.2, 0) is 95.2 Å². The highest BCUT2D eigenvalue weighted by atomic mass is 16.7. The molecular weight excluding hydrogens is 1650 g/mol. The SMILES string of the molecule is CCC1CC(CC)C(C(=O)OCOC)C1.CCC1CC(CC)C2C3CC(CC3C(=O)O)C12.CCC1CC(CC)C2C3CC(CC3C(=O)O)C12.CCC1CC(CC)C2C3CC(CC3C(=O)OCOC)C12.CCC1CC(CC)C2C3CC(CC3C(=O)OCOC)C12.CCC1OC(CC)C2C(=O)OCC12.CCC1OC(CC)C2C(=O)OCC12.CCC1OC(CC)C2C1C(=O)OC2(C)C. The molecule has 43 atom stereocenters.